The molecule has 0 aliphatic carbocycles. The van der Waals surface area contributed by atoms with E-state index < -0.39 is 0 Å². The van der Waals surface area contributed by atoms with E-state index in [2.05, 4.69) is 58.5 Å². The predicted octanol–water partition coefficient (Wildman–Crippen LogP) is 2.55. The number of hydrogen-bond acceptors (Lipinski definition) is 6. The molecule has 0 radical (unpaired) electrons. The molecular weight excluding hydrogens is 396 g/mol. The van der Waals surface area contributed by atoms with Crippen LogP contribution in [0.3, 0.4) is 0 Å². The molecule has 1 fully saturated rings. The molecule has 0 spiro atoms. The zero-order valence-electron chi connectivity index (χ0n) is 17.8. The Hall–Kier alpha value is -2.45. The van der Waals surface area contributed by atoms with Gasteiger partial charge in [0.2, 0.25) is 11.1 Å². The average Bonchev–Trinajstić information content (AvgIpc) is 2.95. The molecule has 4 rings (SSSR count). The summed E-state index contributed by atoms with van der Waals surface area (Å²) < 4.78 is 1.80. The molecule has 158 valence electrons. The van der Waals surface area contributed by atoms with Crippen LogP contribution >= 0.6 is 11.8 Å². The Morgan fingerprint density at radius 2 is 1.90 bits per heavy atom. The average molecular weight is 425 g/mol. The number of carbonyl (C=O) groups is 1. The minimum Gasteiger partial charge on any atom is -0.341 e. The number of hydrogen-bond donors (Lipinski definition) is 1. The number of aryl methyl sites for hydroxylation is 3. The second-order valence-corrected chi connectivity index (χ2v) is 8.75. The van der Waals surface area contributed by atoms with Gasteiger partial charge in [0.05, 0.1) is 5.75 Å². The van der Waals surface area contributed by atoms with E-state index in [4.69, 9.17) is 0 Å². The van der Waals surface area contributed by atoms with Gasteiger partial charge in [-0.15, -0.1) is 5.10 Å². The molecule has 2 aromatic heterocycles. The van der Waals surface area contributed by atoms with Crippen molar-refractivity contribution in [2.45, 2.75) is 38.8 Å². The number of benzene rings is 1. The first kappa shape index (κ1) is 20.8. The first-order chi connectivity index (χ1) is 14.5. The Morgan fingerprint density at radius 3 is 2.70 bits per heavy atom. The van der Waals surface area contributed by atoms with Gasteiger partial charge in [-0.1, -0.05) is 41.6 Å². The van der Waals surface area contributed by atoms with E-state index in [0.29, 0.717) is 16.7 Å². The molecule has 30 heavy (non-hydrogen) atoms. The van der Waals surface area contributed by atoms with Gasteiger partial charge in [-0.05, 0) is 44.9 Å². The van der Waals surface area contributed by atoms with Crippen LogP contribution in [0, 0.1) is 20.8 Å². The Labute approximate surface area is 181 Å². The van der Waals surface area contributed by atoms with Gasteiger partial charge in [0, 0.05) is 37.4 Å². The van der Waals surface area contributed by atoms with Crippen molar-refractivity contribution in [3.05, 3.63) is 52.3 Å². The maximum Gasteiger partial charge on any atom is 0.253 e. The summed E-state index contributed by atoms with van der Waals surface area (Å²) in [5.41, 5.74) is 5.69. The molecule has 1 N–H and O–H groups in total. The molecule has 3 heterocycles. The second-order valence-electron chi connectivity index (χ2n) is 7.80. The Bertz CT molecular complexity index is 1040. The summed E-state index contributed by atoms with van der Waals surface area (Å²) in [6, 6.07) is 8.58. The van der Waals surface area contributed by atoms with Gasteiger partial charge in [-0.2, -0.15) is 4.98 Å². The Morgan fingerprint density at radius 1 is 1.10 bits per heavy atom. The van der Waals surface area contributed by atoms with Gasteiger partial charge in [0.1, 0.15) is 0 Å². The summed E-state index contributed by atoms with van der Waals surface area (Å²) in [6.45, 7) is 9.58. The van der Waals surface area contributed by atoms with E-state index in [9.17, 15) is 4.79 Å². The molecule has 1 aliphatic rings. The van der Waals surface area contributed by atoms with Crippen molar-refractivity contribution < 1.29 is 4.79 Å². The van der Waals surface area contributed by atoms with Crippen LogP contribution in [0.5, 0.6) is 0 Å². The molecule has 1 saturated heterocycles. The highest BCUT2D eigenvalue weighted by molar-refractivity contribution is 7.99. The minimum absolute atomic E-state index is 0.142. The summed E-state index contributed by atoms with van der Waals surface area (Å²) in [5.74, 6) is 1.08. The third kappa shape index (κ3) is 4.65. The molecule has 0 unspecified atom stereocenters. The molecular formula is C22H28N6OS. The fourth-order valence-electron chi connectivity index (χ4n) is 3.73. The SMILES string of the molecule is Cc1ccc(Cc2c(C)nc3nc(SCC(=O)N4CCCNCC4)nn3c2C)cc1. The van der Waals surface area contributed by atoms with Crippen LogP contribution < -0.4 is 5.32 Å². The fourth-order valence-corrected chi connectivity index (χ4v) is 4.45. The summed E-state index contributed by atoms with van der Waals surface area (Å²) in [5, 5.41) is 8.55. The molecule has 1 aromatic carbocycles. The molecule has 0 atom stereocenters. The maximum atomic E-state index is 12.5. The topological polar surface area (TPSA) is 75.4 Å². The first-order valence-electron chi connectivity index (χ1n) is 10.4. The lowest BCUT2D eigenvalue weighted by Gasteiger charge is -2.19. The van der Waals surface area contributed by atoms with Crippen LogP contribution in [0.2, 0.25) is 0 Å². The molecule has 8 heteroatoms. The van der Waals surface area contributed by atoms with Gasteiger partial charge >= 0.3 is 0 Å². The number of carbonyl (C=O) groups excluding carboxylic acids is 1. The van der Waals surface area contributed by atoms with Gasteiger partial charge in [0.15, 0.2) is 0 Å². The number of nitrogens with zero attached hydrogens (tertiary/aromatic N) is 5. The van der Waals surface area contributed by atoms with Crippen molar-refractivity contribution in [2.24, 2.45) is 0 Å². The van der Waals surface area contributed by atoms with Gasteiger partial charge < -0.3 is 10.2 Å². The minimum atomic E-state index is 0.142. The lowest BCUT2D eigenvalue weighted by Crippen LogP contribution is -2.35. The quantitative estimate of drug-likeness (QED) is 0.635. The number of amides is 1. The van der Waals surface area contributed by atoms with Crippen LogP contribution in [-0.4, -0.2) is 62.3 Å². The molecule has 1 aliphatic heterocycles. The van der Waals surface area contributed by atoms with Crippen molar-refractivity contribution >= 4 is 23.4 Å². The van der Waals surface area contributed by atoms with Crippen LogP contribution in [-0.2, 0) is 11.2 Å². The number of fused-ring (bicyclic) bond motifs is 1. The van der Waals surface area contributed by atoms with Gasteiger partial charge in [-0.25, -0.2) is 9.50 Å². The second kappa shape index (κ2) is 9.14. The smallest absolute Gasteiger partial charge is 0.253 e. The number of rotatable bonds is 5. The summed E-state index contributed by atoms with van der Waals surface area (Å²) in [6.07, 6.45) is 1.81. The van der Waals surface area contributed by atoms with Crippen molar-refractivity contribution in [1.29, 1.82) is 0 Å². The summed E-state index contributed by atoms with van der Waals surface area (Å²) in [4.78, 5) is 23.7. The molecule has 1 amide bonds. The van der Waals surface area contributed by atoms with E-state index >= 15 is 0 Å². The lowest BCUT2D eigenvalue weighted by atomic mass is 10.0. The largest absolute Gasteiger partial charge is 0.341 e. The van der Waals surface area contributed by atoms with Crippen molar-refractivity contribution in [3.8, 4) is 0 Å². The number of thioether (sulfide) groups is 1. The van der Waals surface area contributed by atoms with Crippen molar-refractivity contribution in [3.63, 3.8) is 0 Å². The van der Waals surface area contributed by atoms with Gasteiger partial charge in [0.25, 0.3) is 5.78 Å². The standard InChI is InChI=1S/C22H28N6OS/c1-15-5-7-18(8-6-15)13-19-16(2)24-21-25-22(26-28(21)17(19)3)30-14-20(29)27-11-4-9-23-10-12-27/h5-8,23H,4,9-14H2,1-3H3. The molecule has 0 saturated carbocycles. The number of aromatic nitrogens is 4. The highest BCUT2D eigenvalue weighted by atomic mass is 32.2. The van der Waals surface area contributed by atoms with E-state index in [0.717, 1.165) is 50.4 Å². The normalized spacial score (nSPS) is 14.8. The van der Waals surface area contributed by atoms with Crippen LogP contribution in [0.25, 0.3) is 5.78 Å². The molecule has 0 bridgehead atoms. The first-order valence-corrected chi connectivity index (χ1v) is 11.4. The molecule has 7 nitrogen and oxygen atoms in total. The highest BCUT2D eigenvalue weighted by Gasteiger charge is 2.18. The lowest BCUT2D eigenvalue weighted by molar-refractivity contribution is -0.128. The van der Waals surface area contributed by atoms with Crippen LogP contribution in [0.15, 0.2) is 29.4 Å². The molecule has 3 aromatic rings. The van der Waals surface area contributed by atoms with Crippen LogP contribution in [0.1, 0.15) is 34.5 Å². The summed E-state index contributed by atoms with van der Waals surface area (Å²) in [7, 11) is 0. The maximum absolute atomic E-state index is 12.5. The van der Waals surface area contributed by atoms with E-state index in [1.807, 2.05) is 11.8 Å². The van der Waals surface area contributed by atoms with Crippen LogP contribution in [0.4, 0.5) is 0 Å². The third-order valence-corrected chi connectivity index (χ3v) is 6.37. The van der Waals surface area contributed by atoms with E-state index in [1.54, 1.807) is 4.52 Å². The highest BCUT2D eigenvalue weighted by Crippen LogP contribution is 2.21. The third-order valence-electron chi connectivity index (χ3n) is 5.55. The number of nitrogens with one attached hydrogen (secondary N) is 1. The van der Waals surface area contributed by atoms with Crippen molar-refractivity contribution in [1.82, 2.24) is 29.8 Å². The zero-order valence-corrected chi connectivity index (χ0v) is 18.6. The van der Waals surface area contributed by atoms with Crippen molar-refractivity contribution in [2.75, 3.05) is 31.9 Å². The zero-order chi connectivity index (χ0) is 21.1. The monoisotopic (exact) mass is 424 g/mol. The Balaban J connectivity index is 1.50. The summed E-state index contributed by atoms with van der Waals surface area (Å²) >= 11 is 1.39. The van der Waals surface area contributed by atoms with E-state index in [1.165, 1.54) is 28.5 Å². The predicted molar refractivity (Wildman–Crippen MR) is 119 cm³/mol. The fraction of sp³-hybridized carbons (Fsp3) is 0.455. The van der Waals surface area contributed by atoms with Gasteiger partial charge in [-0.3, -0.25) is 4.79 Å². The Kier molecular flexibility index (Phi) is 6.34. The van der Waals surface area contributed by atoms with E-state index in [-0.39, 0.29) is 5.91 Å².